The molecule has 4 rings (SSSR count). The second-order valence-corrected chi connectivity index (χ2v) is 8.24. The maximum atomic E-state index is 13.4. The van der Waals surface area contributed by atoms with E-state index in [-0.39, 0.29) is 23.8 Å². The molecule has 9 nitrogen and oxygen atoms in total. The van der Waals surface area contributed by atoms with Gasteiger partial charge in [0.05, 0.1) is 28.8 Å². The van der Waals surface area contributed by atoms with Crippen LogP contribution in [0.2, 0.25) is 0 Å². The van der Waals surface area contributed by atoms with E-state index in [0.717, 1.165) is 15.8 Å². The van der Waals surface area contributed by atoms with Gasteiger partial charge in [-0.25, -0.2) is 4.98 Å². The summed E-state index contributed by atoms with van der Waals surface area (Å²) in [5.74, 6) is 0.448. The summed E-state index contributed by atoms with van der Waals surface area (Å²) in [4.78, 5) is 30.5. The van der Waals surface area contributed by atoms with Crippen molar-refractivity contribution >= 4 is 38.3 Å². The summed E-state index contributed by atoms with van der Waals surface area (Å²) in [6, 6.07) is 15.2. The number of rotatable bonds is 7. The van der Waals surface area contributed by atoms with Gasteiger partial charge in [-0.2, -0.15) is 5.10 Å². The average molecular weight is 452 g/mol. The number of carbonyl (C=O) groups is 1. The van der Waals surface area contributed by atoms with E-state index >= 15 is 0 Å². The average Bonchev–Trinajstić information content (AvgIpc) is 3.31. The highest BCUT2D eigenvalue weighted by atomic mass is 32.1. The van der Waals surface area contributed by atoms with E-state index in [0.29, 0.717) is 23.1 Å². The Hall–Kier alpha value is -3.79. The van der Waals surface area contributed by atoms with Crippen molar-refractivity contribution in [3.63, 3.8) is 0 Å². The molecule has 32 heavy (non-hydrogen) atoms. The Kier molecular flexibility index (Phi) is 5.87. The summed E-state index contributed by atoms with van der Waals surface area (Å²) in [6.45, 7) is 3.34. The first-order valence-electron chi connectivity index (χ1n) is 9.84. The minimum Gasteiger partial charge on any atom is -0.497 e. The molecule has 0 aliphatic rings. The van der Waals surface area contributed by atoms with Gasteiger partial charge in [0.2, 0.25) is 0 Å². The van der Waals surface area contributed by atoms with Crippen LogP contribution in [0.4, 0.5) is 10.8 Å². The Labute approximate surface area is 188 Å². The van der Waals surface area contributed by atoms with Crippen molar-refractivity contribution in [3.8, 4) is 5.75 Å². The van der Waals surface area contributed by atoms with Crippen LogP contribution in [-0.2, 0) is 17.9 Å². The number of thiazole rings is 1. The monoisotopic (exact) mass is 451 g/mol. The van der Waals surface area contributed by atoms with Crippen LogP contribution in [-0.4, -0.2) is 32.7 Å². The zero-order valence-electron chi connectivity index (χ0n) is 17.8. The third kappa shape index (κ3) is 4.17. The van der Waals surface area contributed by atoms with Crippen molar-refractivity contribution in [1.29, 1.82) is 0 Å². The predicted molar refractivity (Wildman–Crippen MR) is 122 cm³/mol. The molecule has 0 N–H and O–H groups in total. The summed E-state index contributed by atoms with van der Waals surface area (Å²) < 4.78 is 7.57. The Balaban J connectivity index is 1.70. The zero-order chi connectivity index (χ0) is 22.8. The van der Waals surface area contributed by atoms with Gasteiger partial charge in [0.15, 0.2) is 5.13 Å². The summed E-state index contributed by atoms with van der Waals surface area (Å²) in [6.07, 6.45) is 0. The van der Waals surface area contributed by atoms with Crippen LogP contribution < -0.4 is 9.64 Å². The molecule has 0 radical (unpaired) electrons. The van der Waals surface area contributed by atoms with Crippen LogP contribution in [0.1, 0.15) is 17.0 Å². The van der Waals surface area contributed by atoms with E-state index in [1.807, 2.05) is 48.5 Å². The number of fused-ring (bicyclic) bond motifs is 1. The molecule has 0 aliphatic carbocycles. The van der Waals surface area contributed by atoms with Crippen molar-refractivity contribution in [3.05, 3.63) is 75.6 Å². The van der Waals surface area contributed by atoms with Gasteiger partial charge in [-0.05, 0) is 37.6 Å². The van der Waals surface area contributed by atoms with Crippen molar-refractivity contribution < 1.29 is 14.5 Å². The summed E-state index contributed by atoms with van der Waals surface area (Å²) in [5.41, 5.74) is 2.26. The SMILES string of the molecule is COc1ccc2nc(N(Cc3ccccc3)C(=O)Cn3nc(C)c([N+](=O)[O-])c3C)sc2c1. The number of amides is 1. The topological polar surface area (TPSA) is 103 Å². The van der Waals surface area contributed by atoms with Gasteiger partial charge in [-0.15, -0.1) is 0 Å². The van der Waals surface area contributed by atoms with E-state index in [9.17, 15) is 14.9 Å². The van der Waals surface area contributed by atoms with Gasteiger partial charge in [-0.3, -0.25) is 24.5 Å². The smallest absolute Gasteiger partial charge is 0.312 e. The number of anilines is 1. The van der Waals surface area contributed by atoms with Gasteiger partial charge in [-0.1, -0.05) is 41.7 Å². The number of nitrogens with zero attached hydrogens (tertiary/aromatic N) is 5. The molecule has 2 aromatic heterocycles. The van der Waals surface area contributed by atoms with E-state index in [2.05, 4.69) is 10.1 Å². The number of ether oxygens (including phenoxy) is 1. The molecule has 1 amide bonds. The molecule has 0 unspecified atom stereocenters. The summed E-state index contributed by atoms with van der Waals surface area (Å²) >= 11 is 1.39. The van der Waals surface area contributed by atoms with Crippen LogP contribution in [0.25, 0.3) is 10.2 Å². The second kappa shape index (κ2) is 8.75. The molecule has 0 bridgehead atoms. The van der Waals surface area contributed by atoms with Crippen LogP contribution in [0.3, 0.4) is 0 Å². The van der Waals surface area contributed by atoms with Gasteiger partial charge >= 0.3 is 5.69 Å². The second-order valence-electron chi connectivity index (χ2n) is 7.23. The lowest BCUT2D eigenvalue weighted by Gasteiger charge is -2.20. The van der Waals surface area contributed by atoms with Gasteiger partial charge < -0.3 is 4.74 Å². The maximum Gasteiger partial charge on any atom is 0.312 e. The molecule has 164 valence electrons. The molecule has 0 aliphatic heterocycles. The Morgan fingerprint density at radius 1 is 1.22 bits per heavy atom. The first-order valence-corrected chi connectivity index (χ1v) is 10.7. The molecule has 0 saturated heterocycles. The Bertz CT molecular complexity index is 1300. The van der Waals surface area contributed by atoms with Gasteiger partial charge in [0, 0.05) is 0 Å². The van der Waals surface area contributed by atoms with E-state index < -0.39 is 4.92 Å². The maximum absolute atomic E-state index is 13.4. The number of benzene rings is 2. The molecular weight excluding hydrogens is 430 g/mol. The van der Waals surface area contributed by atoms with Crippen LogP contribution in [0.5, 0.6) is 5.75 Å². The minimum absolute atomic E-state index is 0.0699. The molecule has 0 spiro atoms. The number of aryl methyl sites for hydroxylation is 1. The highest BCUT2D eigenvalue weighted by Gasteiger charge is 2.26. The molecule has 2 heterocycles. The molecule has 4 aromatic rings. The number of hydrogen-bond acceptors (Lipinski definition) is 7. The number of methoxy groups -OCH3 is 1. The first-order chi connectivity index (χ1) is 15.4. The van der Waals surface area contributed by atoms with Crippen LogP contribution >= 0.6 is 11.3 Å². The van der Waals surface area contributed by atoms with Gasteiger partial charge in [0.25, 0.3) is 5.91 Å². The molecule has 0 atom stereocenters. The largest absolute Gasteiger partial charge is 0.497 e. The van der Waals surface area contributed by atoms with Crippen LogP contribution in [0, 0.1) is 24.0 Å². The fourth-order valence-corrected chi connectivity index (χ4v) is 4.49. The van der Waals surface area contributed by atoms with E-state index in [1.54, 1.807) is 25.9 Å². The number of hydrogen-bond donors (Lipinski definition) is 0. The van der Waals surface area contributed by atoms with E-state index in [4.69, 9.17) is 4.74 Å². The predicted octanol–water partition coefficient (Wildman–Crippen LogP) is 4.26. The highest BCUT2D eigenvalue weighted by Crippen LogP contribution is 2.32. The van der Waals surface area contributed by atoms with Crippen LogP contribution in [0.15, 0.2) is 48.5 Å². The van der Waals surface area contributed by atoms with Crippen molar-refractivity contribution in [2.24, 2.45) is 0 Å². The summed E-state index contributed by atoms with van der Waals surface area (Å²) in [5, 5.41) is 16.1. The lowest BCUT2D eigenvalue weighted by molar-refractivity contribution is -0.386. The fraction of sp³-hybridized carbons (Fsp3) is 0.227. The van der Waals surface area contributed by atoms with Gasteiger partial charge in [0.1, 0.15) is 23.7 Å². The fourth-order valence-electron chi connectivity index (χ4n) is 3.48. The van der Waals surface area contributed by atoms with E-state index in [1.165, 1.54) is 16.0 Å². The molecule has 10 heteroatoms. The highest BCUT2D eigenvalue weighted by molar-refractivity contribution is 7.22. The third-order valence-corrected chi connectivity index (χ3v) is 6.15. The van der Waals surface area contributed by atoms with Crippen molar-refractivity contribution in [2.45, 2.75) is 26.9 Å². The molecule has 0 saturated carbocycles. The summed E-state index contributed by atoms with van der Waals surface area (Å²) in [7, 11) is 1.60. The Morgan fingerprint density at radius 3 is 2.62 bits per heavy atom. The standard InChI is InChI=1S/C22H21N5O4S/c1-14-21(27(29)30)15(2)26(24-14)13-20(28)25(12-16-7-5-4-6-8-16)22-23-18-10-9-17(31-3)11-19(18)32-22/h4-11H,12-13H2,1-3H3. The number of carbonyl (C=O) groups excluding carboxylic acids is 1. The quantitative estimate of drug-likeness (QED) is 0.307. The number of nitro groups is 1. The molecule has 2 aromatic carbocycles. The lowest BCUT2D eigenvalue weighted by atomic mass is 10.2. The zero-order valence-corrected chi connectivity index (χ0v) is 18.6. The molecule has 0 fully saturated rings. The first kappa shape index (κ1) is 21.4. The Morgan fingerprint density at radius 2 is 1.97 bits per heavy atom. The molecular formula is C22H21N5O4S. The minimum atomic E-state index is -0.471. The third-order valence-electron chi connectivity index (χ3n) is 5.11. The van der Waals surface area contributed by atoms with Crippen molar-refractivity contribution in [1.82, 2.24) is 14.8 Å². The lowest BCUT2D eigenvalue weighted by Crippen LogP contribution is -2.34. The van der Waals surface area contributed by atoms with Crippen molar-refractivity contribution in [2.75, 3.05) is 12.0 Å². The number of aromatic nitrogens is 3. The normalized spacial score (nSPS) is 11.0.